The summed E-state index contributed by atoms with van der Waals surface area (Å²) in [7, 11) is -0.665. The SMILES string of the molecule is COc1cc(C(=O)N2CCC3CCC(C2)N3)cc(NS(C)(=O)=O)c1OC.Cl. The molecule has 0 spiro atoms. The molecule has 0 aromatic heterocycles. The van der Waals surface area contributed by atoms with Gasteiger partial charge in [0, 0.05) is 30.7 Å². The Kier molecular flexibility index (Phi) is 6.82. The van der Waals surface area contributed by atoms with E-state index in [0.717, 1.165) is 25.5 Å². The molecule has 2 heterocycles. The fraction of sp³-hybridized carbons (Fsp3) is 0.588. The van der Waals surface area contributed by atoms with Crippen molar-refractivity contribution in [2.75, 3.05) is 38.3 Å². The van der Waals surface area contributed by atoms with Gasteiger partial charge >= 0.3 is 0 Å². The summed E-state index contributed by atoms with van der Waals surface area (Å²) in [5, 5.41) is 3.54. The number of likely N-dealkylation sites (tertiary alicyclic amines) is 1. The summed E-state index contributed by atoms with van der Waals surface area (Å²) in [5.74, 6) is 0.405. The van der Waals surface area contributed by atoms with Crippen molar-refractivity contribution in [3.63, 3.8) is 0 Å². The zero-order valence-electron chi connectivity index (χ0n) is 15.6. The quantitative estimate of drug-likeness (QED) is 0.750. The topological polar surface area (TPSA) is 97.0 Å². The number of ether oxygens (including phenoxy) is 2. The van der Waals surface area contributed by atoms with E-state index in [1.165, 1.54) is 20.3 Å². The number of carbonyl (C=O) groups is 1. The molecule has 3 rings (SSSR count). The predicted molar refractivity (Wildman–Crippen MR) is 106 cm³/mol. The van der Waals surface area contributed by atoms with E-state index >= 15 is 0 Å². The molecular formula is C17H26ClN3O5S. The highest BCUT2D eigenvalue weighted by atomic mass is 35.5. The van der Waals surface area contributed by atoms with Gasteiger partial charge in [-0.15, -0.1) is 12.4 Å². The monoisotopic (exact) mass is 419 g/mol. The van der Waals surface area contributed by atoms with Crippen LogP contribution in [0.3, 0.4) is 0 Å². The number of rotatable bonds is 5. The Bertz CT molecular complexity index is 802. The second kappa shape index (κ2) is 8.53. The van der Waals surface area contributed by atoms with Gasteiger partial charge in [-0.05, 0) is 31.4 Å². The first-order valence-corrected chi connectivity index (χ1v) is 10.5. The number of hydrogen-bond donors (Lipinski definition) is 2. The van der Waals surface area contributed by atoms with E-state index in [0.29, 0.717) is 36.5 Å². The normalized spacial score (nSPS) is 21.8. The Balaban J connectivity index is 0.00000261. The molecule has 2 aliphatic heterocycles. The number of amides is 1. The van der Waals surface area contributed by atoms with Crippen LogP contribution in [0.2, 0.25) is 0 Å². The van der Waals surface area contributed by atoms with Crippen molar-refractivity contribution in [3.8, 4) is 11.5 Å². The summed E-state index contributed by atoms with van der Waals surface area (Å²) in [5.41, 5.74) is 0.554. The Morgan fingerprint density at radius 3 is 2.52 bits per heavy atom. The summed E-state index contributed by atoms with van der Waals surface area (Å²) >= 11 is 0. The Morgan fingerprint density at radius 2 is 1.89 bits per heavy atom. The maximum atomic E-state index is 13.0. The van der Waals surface area contributed by atoms with Gasteiger partial charge in [0.05, 0.1) is 26.2 Å². The minimum atomic E-state index is -3.54. The molecule has 0 aliphatic carbocycles. The van der Waals surface area contributed by atoms with Crippen LogP contribution < -0.4 is 19.5 Å². The molecule has 152 valence electrons. The molecule has 0 saturated carbocycles. The predicted octanol–water partition coefficient (Wildman–Crippen LogP) is 1.46. The van der Waals surface area contributed by atoms with Crippen LogP contribution in [-0.2, 0) is 10.0 Å². The fourth-order valence-electron chi connectivity index (χ4n) is 3.67. The highest BCUT2D eigenvalue weighted by Crippen LogP contribution is 2.37. The Morgan fingerprint density at radius 1 is 1.19 bits per heavy atom. The first kappa shape index (κ1) is 21.6. The number of carbonyl (C=O) groups excluding carboxylic acids is 1. The molecule has 2 saturated heterocycles. The van der Waals surface area contributed by atoms with E-state index in [1.54, 1.807) is 6.07 Å². The van der Waals surface area contributed by atoms with Gasteiger partial charge in [0.15, 0.2) is 11.5 Å². The van der Waals surface area contributed by atoms with Crippen molar-refractivity contribution in [1.29, 1.82) is 0 Å². The molecule has 2 fully saturated rings. The Hall–Kier alpha value is -1.71. The standard InChI is InChI=1S/C17H25N3O5S.ClH/c1-24-15-9-11(8-14(16(15)25-2)19-26(3,22)23)17(21)20-7-6-12-4-5-13(10-20)18-12;/h8-9,12-13,18-19H,4-7,10H2,1-3H3;1H. The second-order valence-electron chi connectivity index (χ2n) is 6.81. The molecule has 1 aromatic carbocycles. The van der Waals surface area contributed by atoms with Crippen LogP contribution in [0.15, 0.2) is 12.1 Å². The summed E-state index contributed by atoms with van der Waals surface area (Å²) in [6.07, 6.45) is 4.20. The lowest BCUT2D eigenvalue weighted by atomic mass is 10.1. The highest BCUT2D eigenvalue weighted by molar-refractivity contribution is 7.92. The Labute approximate surface area is 166 Å². The summed E-state index contributed by atoms with van der Waals surface area (Å²) in [6, 6.07) is 3.89. The van der Waals surface area contributed by atoms with Gasteiger partial charge < -0.3 is 19.7 Å². The maximum Gasteiger partial charge on any atom is 0.254 e. The van der Waals surface area contributed by atoms with Gasteiger partial charge in [-0.2, -0.15) is 0 Å². The molecule has 1 amide bonds. The lowest BCUT2D eigenvalue weighted by molar-refractivity contribution is 0.0747. The zero-order valence-corrected chi connectivity index (χ0v) is 17.3. The van der Waals surface area contributed by atoms with Gasteiger partial charge in [-0.1, -0.05) is 0 Å². The van der Waals surface area contributed by atoms with Crippen LogP contribution in [0.25, 0.3) is 0 Å². The van der Waals surface area contributed by atoms with Gasteiger partial charge in [-0.25, -0.2) is 8.42 Å². The van der Waals surface area contributed by atoms with E-state index in [2.05, 4.69) is 10.0 Å². The summed E-state index contributed by atoms with van der Waals surface area (Å²) in [4.78, 5) is 14.9. The average molecular weight is 420 g/mol. The summed E-state index contributed by atoms with van der Waals surface area (Å²) < 4.78 is 36.3. The van der Waals surface area contributed by atoms with Gasteiger partial charge in [0.2, 0.25) is 10.0 Å². The molecular weight excluding hydrogens is 394 g/mol. The molecule has 0 radical (unpaired) electrons. The van der Waals surface area contributed by atoms with Gasteiger partial charge in [-0.3, -0.25) is 9.52 Å². The van der Waals surface area contributed by atoms with Crippen molar-refractivity contribution in [1.82, 2.24) is 10.2 Å². The number of methoxy groups -OCH3 is 2. The molecule has 27 heavy (non-hydrogen) atoms. The largest absolute Gasteiger partial charge is 0.493 e. The first-order valence-electron chi connectivity index (χ1n) is 8.60. The van der Waals surface area contributed by atoms with Crippen LogP contribution >= 0.6 is 12.4 Å². The van der Waals surface area contributed by atoms with E-state index in [9.17, 15) is 13.2 Å². The fourth-order valence-corrected chi connectivity index (χ4v) is 4.22. The summed E-state index contributed by atoms with van der Waals surface area (Å²) in [6.45, 7) is 1.33. The van der Waals surface area contributed by atoms with E-state index in [1.807, 2.05) is 4.90 Å². The molecule has 8 nitrogen and oxygen atoms in total. The van der Waals surface area contributed by atoms with Crippen molar-refractivity contribution in [2.45, 2.75) is 31.3 Å². The number of anilines is 1. The molecule has 2 N–H and O–H groups in total. The van der Waals surface area contributed by atoms with Crippen LogP contribution in [0.4, 0.5) is 5.69 Å². The maximum absolute atomic E-state index is 13.0. The van der Waals surface area contributed by atoms with Gasteiger partial charge in [0.1, 0.15) is 0 Å². The van der Waals surface area contributed by atoms with Crippen LogP contribution in [0, 0.1) is 0 Å². The van der Waals surface area contributed by atoms with E-state index < -0.39 is 10.0 Å². The lowest BCUT2D eigenvalue weighted by Crippen LogP contribution is -2.39. The third kappa shape index (κ3) is 4.97. The van der Waals surface area contributed by atoms with Crippen LogP contribution in [0.1, 0.15) is 29.6 Å². The van der Waals surface area contributed by atoms with Crippen LogP contribution in [-0.4, -0.2) is 64.9 Å². The number of fused-ring (bicyclic) bond motifs is 2. The van der Waals surface area contributed by atoms with Crippen LogP contribution in [0.5, 0.6) is 11.5 Å². The van der Waals surface area contributed by atoms with E-state index in [-0.39, 0.29) is 29.8 Å². The number of sulfonamides is 1. The third-order valence-electron chi connectivity index (χ3n) is 4.83. The molecule has 2 unspecified atom stereocenters. The highest BCUT2D eigenvalue weighted by Gasteiger charge is 2.32. The molecule has 1 aromatic rings. The lowest BCUT2D eigenvalue weighted by Gasteiger charge is -2.25. The zero-order chi connectivity index (χ0) is 18.9. The number of hydrogen-bond acceptors (Lipinski definition) is 6. The van der Waals surface area contributed by atoms with Crippen molar-refractivity contribution in [2.24, 2.45) is 0 Å². The molecule has 10 heteroatoms. The van der Waals surface area contributed by atoms with E-state index in [4.69, 9.17) is 9.47 Å². The average Bonchev–Trinajstić information content (AvgIpc) is 2.91. The van der Waals surface area contributed by atoms with Crippen molar-refractivity contribution in [3.05, 3.63) is 17.7 Å². The van der Waals surface area contributed by atoms with Crippen molar-refractivity contribution >= 4 is 34.0 Å². The molecule has 2 bridgehead atoms. The van der Waals surface area contributed by atoms with Crippen molar-refractivity contribution < 1.29 is 22.7 Å². The van der Waals surface area contributed by atoms with Gasteiger partial charge in [0.25, 0.3) is 5.91 Å². The molecule has 2 atom stereocenters. The number of nitrogens with zero attached hydrogens (tertiary/aromatic N) is 1. The number of nitrogens with one attached hydrogen (secondary N) is 2. The second-order valence-corrected chi connectivity index (χ2v) is 8.56. The smallest absolute Gasteiger partial charge is 0.254 e. The number of halogens is 1. The minimum Gasteiger partial charge on any atom is -0.493 e. The molecule has 2 aliphatic rings. The minimum absolute atomic E-state index is 0. The third-order valence-corrected chi connectivity index (χ3v) is 5.42. The number of benzene rings is 1. The first-order chi connectivity index (χ1) is 12.3.